The topological polar surface area (TPSA) is 55.1 Å². The number of nitrogens with two attached hydrogens (primary N) is 1. The van der Waals surface area contributed by atoms with E-state index in [0.717, 1.165) is 32.2 Å². The molecule has 0 bridgehead atoms. The first kappa shape index (κ1) is 13.5. The molecule has 3 nitrogen and oxygen atoms in total. The summed E-state index contributed by atoms with van der Waals surface area (Å²) in [6.07, 6.45) is 10.3. The van der Waals surface area contributed by atoms with E-state index in [9.17, 15) is 4.79 Å². The van der Waals surface area contributed by atoms with E-state index in [1.165, 1.54) is 32.1 Å². The highest BCUT2D eigenvalue weighted by molar-refractivity contribution is 5.86. The fourth-order valence-electron chi connectivity index (χ4n) is 2.07. The van der Waals surface area contributed by atoms with E-state index in [0.29, 0.717) is 0 Å². The number of amides is 1. The number of rotatable bonds is 8. The van der Waals surface area contributed by atoms with E-state index in [2.05, 4.69) is 12.2 Å². The van der Waals surface area contributed by atoms with Crippen LogP contribution in [0.15, 0.2) is 0 Å². The molecule has 1 aliphatic rings. The van der Waals surface area contributed by atoms with Gasteiger partial charge in [-0.15, -0.1) is 0 Å². The fraction of sp³-hybridized carbons (Fsp3) is 0.923. The van der Waals surface area contributed by atoms with Crippen molar-refractivity contribution >= 4 is 5.91 Å². The third-order valence-corrected chi connectivity index (χ3v) is 3.51. The average molecular weight is 226 g/mol. The summed E-state index contributed by atoms with van der Waals surface area (Å²) in [5.74, 6) is 0.0623. The average Bonchev–Trinajstić information content (AvgIpc) is 2.24. The minimum Gasteiger partial charge on any atom is -0.355 e. The van der Waals surface area contributed by atoms with Crippen LogP contribution < -0.4 is 11.1 Å². The summed E-state index contributed by atoms with van der Waals surface area (Å²) < 4.78 is 0. The second-order valence-electron chi connectivity index (χ2n) is 5.03. The SMILES string of the molecule is CCCCCCCCNC(=O)C1(N)CCC1. The van der Waals surface area contributed by atoms with Gasteiger partial charge >= 0.3 is 0 Å². The highest BCUT2D eigenvalue weighted by atomic mass is 16.2. The van der Waals surface area contributed by atoms with Crippen LogP contribution in [0.1, 0.15) is 64.7 Å². The smallest absolute Gasteiger partial charge is 0.240 e. The maximum Gasteiger partial charge on any atom is 0.240 e. The molecular weight excluding hydrogens is 200 g/mol. The fourth-order valence-corrected chi connectivity index (χ4v) is 2.07. The molecule has 94 valence electrons. The molecule has 0 unspecified atom stereocenters. The normalized spacial score (nSPS) is 17.9. The molecule has 16 heavy (non-hydrogen) atoms. The number of hydrogen-bond donors (Lipinski definition) is 2. The van der Waals surface area contributed by atoms with Gasteiger partial charge in [-0.3, -0.25) is 4.79 Å². The van der Waals surface area contributed by atoms with Gasteiger partial charge in [-0.2, -0.15) is 0 Å². The lowest BCUT2D eigenvalue weighted by atomic mass is 9.77. The number of unbranched alkanes of at least 4 members (excludes halogenated alkanes) is 5. The van der Waals surface area contributed by atoms with E-state index in [-0.39, 0.29) is 5.91 Å². The van der Waals surface area contributed by atoms with E-state index in [1.54, 1.807) is 0 Å². The van der Waals surface area contributed by atoms with Gasteiger partial charge < -0.3 is 11.1 Å². The number of carbonyl (C=O) groups is 1. The van der Waals surface area contributed by atoms with Crippen LogP contribution >= 0.6 is 0 Å². The van der Waals surface area contributed by atoms with E-state index < -0.39 is 5.54 Å². The molecule has 0 aromatic rings. The summed E-state index contributed by atoms with van der Waals surface area (Å²) >= 11 is 0. The molecule has 1 saturated carbocycles. The van der Waals surface area contributed by atoms with Crippen LogP contribution in [0.3, 0.4) is 0 Å². The molecule has 0 aliphatic heterocycles. The van der Waals surface area contributed by atoms with Crippen molar-refractivity contribution in [3.05, 3.63) is 0 Å². The van der Waals surface area contributed by atoms with Crippen molar-refractivity contribution in [2.75, 3.05) is 6.54 Å². The third kappa shape index (κ3) is 4.12. The predicted octanol–water partition coefficient (Wildman–Crippen LogP) is 2.34. The minimum atomic E-state index is -0.526. The zero-order chi connectivity index (χ0) is 11.9. The molecule has 0 atom stereocenters. The summed E-state index contributed by atoms with van der Waals surface area (Å²) in [4.78, 5) is 11.6. The Hall–Kier alpha value is -0.570. The van der Waals surface area contributed by atoms with Crippen molar-refractivity contribution in [2.24, 2.45) is 5.73 Å². The van der Waals surface area contributed by atoms with Crippen LogP contribution in [-0.4, -0.2) is 18.0 Å². The van der Waals surface area contributed by atoms with Gasteiger partial charge in [0.25, 0.3) is 0 Å². The number of hydrogen-bond acceptors (Lipinski definition) is 2. The van der Waals surface area contributed by atoms with Crippen LogP contribution in [-0.2, 0) is 4.79 Å². The minimum absolute atomic E-state index is 0.0623. The summed E-state index contributed by atoms with van der Waals surface area (Å²) in [5, 5.41) is 2.95. The molecule has 0 saturated heterocycles. The van der Waals surface area contributed by atoms with Crippen LogP contribution in [0.2, 0.25) is 0 Å². The van der Waals surface area contributed by atoms with Gasteiger partial charge in [0, 0.05) is 6.54 Å². The van der Waals surface area contributed by atoms with Crippen LogP contribution in [0.5, 0.6) is 0 Å². The highest BCUT2D eigenvalue weighted by Gasteiger charge is 2.39. The van der Waals surface area contributed by atoms with E-state index in [4.69, 9.17) is 5.73 Å². The maximum absolute atomic E-state index is 11.6. The Morgan fingerprint density at radius 2 is 1.81 bits per heavy atom. The van der Waals surface area contributed by atoms with Gasteiger partial charge in [-0.1, -0.05) is 39.0 Å². The molecule has 3 N–H and O–H groups in total. The lowest BCUT2D eigenvalue weighted by Crippen LogP contribution is -2.58. The van der Waals surface area contributed by atoms with Gasteiger partial charge in [-0.25, -0.2) is 0 Å². The summed E-state index contributed by atoms with van der Waals surface area (Å²) in [6, 6.07) is 0. The Morgan fingerprint density at radius 1 is 1.19 bits per heavy atom. The first-order valence-corrected chi connectivity index (χ1v) is 6.76. The molecular formula is C13H26N2O. The Kier molecular flexibility index (Phi) is 5.81. The van der Waals surface area contributed by atoms with Gasteiger partial charge in [0.05, 0.1) is 5.54 Å². The number of nitrogens with one attached hydrogen (secondary N) is 1. The third-order valence-electron chi connectivity index (χ3n) is 3.51. The van der Waals surface area contributed by atoms with Crippen molar-refractivity contribution in [3.8, 4) is 0 Å². The molecule has 1 fully saturated rings. The molecule has 0 spiro atoms. The number of carbonyl (C=O) groups excluding carboxylic acids is 1. The Bertz CT molecular complexity index is 212. The van der Waals surface area contributed by atoms with Crippen LogP contribution in [0.25, 0.3) is 0 Å². The molecule has 0 aromatic carbocycles. The molecule has 0 radical (unpaired) electrons. The molecule has 1 amide bonds. The standard InChI is InChI=1S/C13H26N2O/c1-2-3-4-5-6-7-11-15-12(16)13(14)9-8-10-13/h2-11,14H2,1H3,(H,15,16). The lowest BCUT2D eigenvalue weighted by Gasteiger charge is -2.36. The monoisotopic (exact) mass is 226 g/mol. The first-order chi connectivity index (χ1) is 7.69. The molecule has 1 aliphatic carbocycles. The Balaban J connectivity index is 1.93. The van der Waals surface area contributed by atoms with Gasteiger partial charge in [0.2, 0.25) is 5.91 Å². The molecule has 0 heterocycles. The van der Waals surface area contributed by atoms with E-state index in [1.807, 2.05) is 0 Å². The largest absolute Gasteiger partial charge is 0.355 e. The van der Waals surface area contributed by atoms with Crippen LogP contribution in [0.4, 0.5) is 0 Å². The van der Waals surface area contributed by atoms with E-state index >= 15 is 0 Å². The molecule has 1 rings (SSSR count). The van der Waals surface area contributed by atoms with Crippen molar-refractivity contribution in [1.29, 1.82) is 0 Å². The molecule has 3 heteroatoms. The zero-order valence-electron chi connectivity index (χ0n) is 10.6. The lowest BCUT2D eigenvalue weighted by molar-refractivity contribution is -0.129. The van der Waals surface area contributed by atoms with Gasteiger partial charge in [0.1, 0.15) is 0 Å². The second-order valence-corrected chi connectivity index (χ2v) is 5.03. The summed E-state index contributed by atoms with van der Waals surface area (Å²) in [5.41, 5.74) is 5.39. The summed E-state index contributed by atoms with van der Waals surface area (Å²) in [6.45, 7) is 3.02. The Labute approximate surface area is 99.2 Å². The van der Waals surface area contributed by atoms with Crippen molar-refractivity contribution < 1.29 is 4.79 Å². The second kappa shape index (κ2) is 6.89. The van der Waals surface area contributed by atoms with Crippen LogP contribution in [0, 0.1) is 0 Å². The maximum atomic E-state index is 11.6. The van der Waals surface area contributed by atoms with Crippen molar-refractivity contribution in [1.82, 2.24) is 5.32 Å². The quantitative estimate of drug-likeness (QED) is 0.624. The summed E-state index contributed by atoms with van der Waals surface area (Å²) in [7, 11) is 0. The molecule has 0 aromatic heterocycles. The zero-order valence-corrected chi connectivity index (χ0v) is 10.6. The Morgan fingerprint density at radius 3 is 2.38 bits per heavy atom. The highest BCUT2D eigenvalue weighted by Crippen LogP contribution is 2.28. The predicted molar refractivity (Wildman–Crippen MR) is 67.2 cm³/mol. The van der Waals surface area contributed by atoms with Gasteiger partial charge in [-0.05, 0) is 25.7 Å². The van der Waals surface area contributed by atoms with Crippen molar-refractivity contribution in [3.63, 3.8) is 0 Å². The first-order valence-electron chi connectivity index (χ1n) is 6.76. The van der Waals surface area contributed by atoms with Crippen molar-refractivity contribution in [2.45, 2.75) is 70.3 Å². The van der Waals surface area contributed by atoms with Gasteiger partial charge in [0.15, 0.2) is 0 Å².